The number of rotatable bonds is 7. The van der Waals surface area contributed by atoms with Gasteiger partial charge in [-0.1, -0.05) is 35.9 Å². The molecule has 0 aliphatic carbocycles. The molecule has 0 atom stereocenters. The number of carbonyl (C=O) groups excluding carboxylic acids is 2. The molecule has 0 aromatic heterocycles. The summed E-state index contributed by atoms with van der Waals surface area (Å²) in [5, 5.41) is 6.18. The van der Waals surface area contributed by atoms with E-state index in [9.17, 15) is 9.59 Å². The number of anilines is 4. The Bertz CT molecular complexity index is 1220. The number of benzene rings is 3. The second kappa shape index (κ2) is 12.0. The number of halogens is 3. The molecule has 1 aliphatic heterocycles. The van der Waals surface area contributed by atoms with Crippen LogP contribution in [0.25, 0.3) is 0 Å². The van der Waals surface area contributed by atoms with Crippen molar-refractivity contribution in [2.24, 2.45) is 5.73 Å². The molecule has 3 aromatic carbocycles. The highest BCUT2D eigenvalue weighted by Gasteiger charge is 2.22. The number of nitrogens with two attached hydrogens (primary N) is 1. The lowest BCUT2D eigenvalue weighted by Crippen LogP contribution is -2.35. The largest absolute Gasteiger partial charge is 0.353 e. The average Bonchev–Trinajstić information content (AvgIpc) is 2.82. The van der Waals surface area contributed by atoms with E-state index >= 15 is 4.39 Å². The van der Waals surface area contributed by atoms with Gasteiger partial charge in [-0.2, -0.15) is 0 Å². The van der Waals surface area contributed by atoms with E-state index in [4.69, 9.17) is 17.3 Å². The van der Waals surface area contributed by atoms with E-state index in [0.29, 0.717) is 41.6 Å². The topological polar surface area (TPSA) is 87.5 Å². The summed E-state index contributed by atoms with van der Waals surface area (Å²) in [5.74, 6) is -0.824. The van der Waals surface area contributed by atoms with Crippen LogP contribution in [0.1, 0.15) is 30.4 Å². The highest BCUT2D eigenvalue weighted by molar-refractivity contribution is 6.34. The average molecular weight is 517 g/mol. The van der Waals surface area contributed by atoms with E-state index in [1.807, 2.05) is 24.3 Å². The minimum absolute atomic E-state index is 0. The lowest BCUT2D eigenvalue weighted by molar-refractivity contribution is -0.119. The molecule has 0 radical (unpaired) electrons. The Morgan fingerprint density at radius 2 is 1.86 bits per heavy atom. The van der Waals surface area contributed by atoms with Gasteiger partial charge in [-0.05, 0) is 60.4 Å². The third-order valence-corrected chi connectivity index (χ3v) is 6.02. The van der Waals surface area contributed by atoms with Gasteiger partial charge in [0.05, 0.1) is 22.8 Å². The SMILES string of the molecule is Cl.NCc1cccc(Nc2cccc(CC(=O)Nc3ccc(N4CCCCC4=O)c(Cl)c3)c2F)c1. The van der Waals surface area contributed by atoms with Crippen LogP contribution in [0.2, 0.25) is 5.02 Å². The molecule has 0 unspecified atom stereocenters. The van der Waals surface area contributed by atoms with E-state index in [1.54, 1.807) is 41.3 Å². The highest BCUT2D eigenvalue weighted by Crippen LogP contribution is 2.31. The van der Waals surface area contributed by atoms with Gasteiger partial charge >= 0.3 is 0 Å². The highest BCUT2D eigenvalue weighted by atomic mass is 35.5. The van der Waals surface area contributed by atoms with E-state index in [0.717, 1.165) is 18.4 Å². The van der Waals surface area contributed by atoms with E-state index in [-0.39, 0.29) is 41.9 Å². The van der Waals surface area contributed by atoms with Gasteiger partial charge in [0.2, 0.25) is 11.8 Å². The molecule has 0 saturated carbocycles. The van der Waals surface area contributed by atoms with Gasteiger partial charge in [0.25, 0.3) is 0 Å². The van der Waals surface area contributed by atoms with Crippen molar-refractivity contribution in [2.75, 3.05) is 22.1 Å². The van der Waals surface area contributed by atoms with Crippen molar-refractivity contribution >= 4 is 58.6 Å². The molecule has 184 valence electrons. The van der Waals surface area contributed by atoms with Gasteiger partial charge in [0, 0.05) is 30.9 Å². The zero-order valence-corrected chi connectivity index (χ0v) is 20.6. The maximum absolute atomic E-state index is 15.1. The van der Waals surface area contributed by atoms with E-state index in [2.05, 4.69) is 10.6 Å². The molecule has 3 aromatic rings. The van der Waals surface area contributed by atoms with Crippen molar-refractivity contribution in [3.05, 3.63) is 82.6 Å². The number of amides is 2. The molecule has 4 N–H and O–H groups in total. The zero-order chi connectivity index (χ0) is 24.1. The first-order chi connectivity index (χ1) is 16.4. The van der Waals surface area contributed by atoms with Gasteiger partial charge in [-0.3, -0.25) is 9.59 Å². The Balaban J connectivity index is 0.00000342. The fourth-order valence-corrected chi connectivity index (χ4v) is 4.27. The maximum Gasteiger partial charge on any atom is 0.228 e. The van der Waals surface area contributed by atoms with Crippen LogP contribution >= 0.6 is 24.0 Å². The fourth-order valence-electron chi connectivity index (χ4n) is 3.99. The first kappa shape index (κ1) is 26.5. The van der Waals surface area contributed by atoms with Crippen LogP contribution in [0.15, 0.2) is 60.7 Å². The third-order valence-electron chi connectivity index (χ3n) is 5.72. The van der Waals surface area contributed by atoms with Gasteiger partial charge in [0.15, 0.2) is 0 Å². The number of hydrogen-bond acceptors (Lipinski definition) is 4. The molecule has 1 fully saturated rings. The van der Waals surface area contributed by atoms with Crippen molar-refractivity contribution in [3.8, 4) is 0 Å². The lowest BCUT2D eigenvalue weighted by Gasteiger charge is -2.27. The summed E-state index contributed by atoms with van der Waals surface area (Å²) in [6.45, 7) is 1.02. The van der Waals surface area contributed by atoms with Crippen LogP contribution in [0, 0.1) is 5.82 Å². The van der Waals surface area contributed by atoms with Crippen LogP contribution in [-0.4, -0.2) is 18.4 Å². The molecule has 0 bridgehead atoms. The molecule has 1 saturated heterocycles. The van der Waals surface area contributed by atoms with Crippen molar-refractivity contribution in [2.45, 2.75) is 32.2 Å². The maximum atomic E-state index is 15.1. The van der Waals surface area contributed by atoms with E-state index < -0.39 is 5.82 Å². The summed E-state index contributed by atoms with van der Waals surface area (Å²) in [6, 6.07) is 17.3. The van der Waals surface area contributed by atoms with Gasteiger partial charge in [-0.15, -0.1) is 12.4 Å². The number of hydrogen-bond donors (Lipinski definition) is 3. The predicted molar refractivity (Wildman–Crippen MR) is 141 cm³/mol. The fraction of sp³-hybridized carbons (Fsp3) is 0.231. The van der Waals surface area contributed by atoms with E-state index in [1.165, 1.54) is 0 Å². The summed E-state index contributed by atoms with van der Waals surface area (Å²) >= 11 is 6.39. The minimum Gasteiger partial charge on any atom is -0.353 e. The van der Waals surface area contributed by atoms with Crippen molar-refractivity contribution in [1.82, 2.24) is 0 Å². The Morgan fingerprint density at radius 1 is 1.06 bits per heavy atom. The molecule has 9 heteroatoms. The molecular formula is C26H27Cl2FN4O2. The molecule has 1 heterocycles. The van der Waals surface area contributed by atoms with Crippen molar-refractivity contribution in [3.63, 3.8) is 0 Å². The van der Waals surface area contributed by atoms with Crippen LogP contribution in [0.3, 0.4) is 0 Å². The minimum atomic E-state index is -0.493. The summed E-state index contributed by atoms with van der Waals surface area (Å²) in [6.07, 6.45) is 2.17. The number of nitrogens with one attached hydrogen (secondary N) is 2. The molecular weight excluding hydrogens is 490 g/mol. The Morgan fingerprint density at radius 3 is 2.60 bits per heavy atom. The van der Waals surface area contributed by atoms with Gasteiger partial charge in [0.1, 0.15) is 5.82 Å². The molecule has 35 heavy (non-hydrogen) atoms. The van der Waals surface area contributed by atoms with Crippen molar-refractivity contribution in [1.29, 1.82) is 0 Å². The Labute approximate surface area is 215 Å². The van der Waals surface area contributed by atoms with Gasteiger partial charge < -0.3 is 21.3 Å². The standard InChI is InChI=1S/C26H26ClFN4O2.ClH/c27-21-15-20(10-11-23(21)32-12-2-1-9-25(32)34)31-24(33)14-18-6-4-8-22(26(18)28)30-19-7-3-5-17(13-19)16-29;/h3-8,10-11,13,15,30H,1-2,9,12,14,16,29H2,(H,31,33);1H. The second-order valence-corrected chi connectivity index (χ2v) is 8.61. The Hall–Kier alpha value is -3.13. The first-order valence-corrected chi connectivity index (χ1v) is 11.6. The summed E-state index contributed by atoms with van der Waals surface area (Å²) in [4.78, 5) is 26.5. The van der Waals surface area contributed by atoms with Crippen molar-refractivity contribution < 1.29 is 14.0 Å². The normalized spacial score (nSPS) is 13.2. The number of carbonyl (C=O) groups is 2. The smallest absolute Gasteiger partial charge is 0.228 e. The summed E-state index contributed by atoms with van der Waals surface area (Å²) in [5.41, 5.74) is 8.97. The second-order valence-electron chi connectivity index (χ2n) is 8.20. The molecule has 2 amide bonds. The molecule has 4 rings (SSSR count). The number of piperidine rings is 1. The lowest BCUT2D eigenvalue weighted by atomic mass is 10.1. The number of nitrogens with zero attached hydrogens (tertiary/aromatic N) is 1. The predicted octanol–water partition coefficient (Wildman–Crippen LogP) is 5.80. The zero-order valence-electron chi connectivity index (χ0n) is 19.0. The molecule has 0 spiro atoms. The quantitative estimate of drug-likeness (QED) is 0.370. The Kier molecular flexibility index (Phi) is 9.09. The van der Waals surface area contributed by atoms with Crippen LogP contribution in [0.5, 0.6) is 0 Å². The van der Waals surface area contributed by atoms with Gasteiger partial charge in [-0.25, -0.2) is 4.39 Å². The monoisotopic (exact) mass is 516 g/mol. The third kappa shape index (κ3) is 6.51. The molecule has 1 aliphatic rings. The summed E-state index contributed by atoms with van der Waals surface area (Å²) in [7, 11) is 0. The van der Waals surface area contributed by atoms with Crippen LogP contribution < -0.4 is 21.3 Å². The van der Waals surface area contributed by atoms with Crippen LogP contribution in [-0.2, 0) is 22.6 Å². The van der Waals surface area contributed by atoms with Crippen LogP contribution in [0.4, 0.5) is 27.1 Å². The first-order valence-electron chi connectivity index (χ1n) is 11.2. The summed E-state index contributed by atoms with van der Waals surface area (Å²) < 4.78 is 15.1. The molecule has 6 nitrogen and oxygen atoms in total.